The van der Waals surface area contributed by atoms with Crippen molar-refractivity contribution in [3.8, 4) is 5.75 Å². The van der Waals surface area contributed by atoms with Crippen molar-refractivity contribution in [1.82, 2.24) is 5.32 Å². The molecule has 0 heterocycles. The molecule has 0 aromatic heterocycles. The summed E-state index contributed by atoms with van der Waals surface area (Å²) in [6, 6.07) is 4.64. The van der Waals surface area contributed by atoms with Gasteiger partial charge in [-0.25, -0.2) is 0 Å². The molecule has 1 amide bonds. The molecule has 6 nitrogen and oxygen atoms in total. The Balaban J connectivity index is 2.71. The summed E-state index contributed by atoms with van der Waals surface area (Å²) in [6.45, 7) is -0.424. The lowest BCUT2D eigenvalue weighted by molar-refractivity contribution is 0.0802. The van der Waals surface area contributed by atoms with Gasteiger partial charge in [-0.3, -0.25) is 4.79 Å². The van der Waals surface area contributed by atoms with Gasteiger partial charge in [0.25, 0.3) is 5.91 Å². The van der Waals surface area contributed by atoms with Gasteiger partial charge in [-0.05, 0) is 12.1 Å². The minimum atomic E-state index is -0.970. The largest absolute Gasteiger partial charge is 0.497 e. The summed E-state index contributed by atoms with van der Waals surface area (Å²) < 4.78 is 4.98. The zero-order chi connectivity index (χ0) is 12.8. The van der Waals surface area contributed by atoms with Crippen LogP contribution in [0, 0.1) is 0 Å². The summed E-state index contributed by atoms with van der Waals surface area (Å²) in [4.78, 5) is 11.7. The first-order valence-corrected chi connectivity index (χ1v) is 5.08. The minimum absolute atomic E-state index is 0.0214. The van der Waals surface area contributed by atoms with E-state index in [1.54, 1.807) is 6.07 Å². The van der Waals surface area contributed by atoms with E-state index in [2.05, 4.69) is 5.32 Å². The molecule has 1 unspecified atom stereocenters. The number of amides is 1. The SMILES string of the molecule is COc1cc(N)cc(C(=O)NCC(O)CO)c1. The van der Waals surface area contributed by atoms with Crippen molar-refractivity contribution in [2.24, 2.45) is 0 Å². The van der Waals surface area contributed by atoms with Gasteiger partial charge in [0.15, 0.2) is 0 Å². The lowest BCUT2D eigenvalue weighted by Gasteiger charge is -2.10. The molecular formula is C11H16N2O4. The maximum Gasteiger partial charge on any atom is 0.251 e. The van der Waals surface area contributed by atoms with Gasteiger partial charge < -0.3 is 26.0 Å². The Morgan fingerprint density at radius 1 is 1.53 bits per heavy atom. The number of ether oxygens (including phenoxy) is 1. The predicted molar refractivity (Wildman–Crippen MR) is 62.8 cm³/mol. The van der Waals surface area contributed by atoms with Crippen LogP contribution in [0.2, 0.25) is 0 Å². The Morgan fingerprint density at radius 2 is 2.24 bits per heavy atom. The molecule has 0 spiro atoms. The van der Waals surface area contributed by atoms with Crippen LogP contribution in [0.5, 0.6) is 5.75 Å². The van der Waals surface area contributed by atoms with E-state index in [9.17, 15) is 4.79 Å². The van der Waals surface area contributed by atoms with Crippen molar-refractivity contribution < 1.29 is 19.7 Å². The Labute approximate surface area is 99.0 Å². The number of aliphatic hydroxyl groups is 2. The monoisotopic (exact) mass is 240 g/mol. The van der Waals surface area contributed by atoms with Crippen LogP contribution in [-0.2, 0) is 0 Å². The van der Waals surface area contributed by atoms with Gasteiger partial charge in [0.2, 0.25) is 0 Å². The highest BCUT2D eigenvalue weighted by Crippen LogP contribution is 2.18. The van der Waals surface area contributed by atoms with Crippen molar-refractivity contribution in [3.05, 3.63) is 23.8 Å². The summed E-state index contributed by atoms with van der Waals surface area (Å²) in [5.74, 6) is 0.0981. The highest BCUT2D eigenvalue weighted by Gasteiger charge is 2.10. The third kappa shape index (κ3) is 3.93. The standard InChI is InChI=1S/C11H16N2O4/c1-17-10-3-7(2-8(12)4-10)11(16)13-5-9(15)6-14/h2-4,9,14-15H,5-6,12H2,1H3,(H,13,16). The Hall–Kier alpha value is -1.79. The first-order valence-electron chi connectivity index (χ1n) is 5.08. The minimum Gasteiger partial charge on any atom is -0.497 e. The lowest BCUT2D eigenvalue weighted by Crippen LogP contribution is -2.33. The lowest BCUT2D eigenvalue weighted by atomic mass is 10.1. The molecule has 0 aliphatic carbocycles. The number of hydrogen-bond donors (Lipinski definition) is 4. The molecule has 0 saturated heterocycles. The number of anilines is 1. The van der Waals surface area contributed by atoms with Crippen molar-refractivity contribution >= 4 is 11.6 Å². The van der Waals surface area contributed by atoms with Crippen LogP contribution in [0.3, 0.4) is 0 Å². The summed E-state index contributed by atoms with van der Waals surface area (Å²) in [5.41, 5.74) is 6.36. The molecule has 0 saturated carbocycles. The number of aliphatic hydroxyl groups excluding tert-OH is 2. The van der Waals surface area contributed by atoms with Crippen LogP contribution in [0.1, 0.15) is 10.4 Å². The number of methoxy groups -OCH3 is 1. The van der Waals surface area contributed by atoms with E-state index in [4.69, 9.17) is 20.7 Å². The van der Waals surface area contributed by atoms with Gasteiger partial charge in [0.1, 0.15) is 5.75 Å². The zero-order valence-corrected chi connectivity index (χ0v) is 9.51. The van der Waals surface area contributed by atoms with E-state index in [1.807, 2.05) is 0 Å². The number of benzene rings is 1. The Bertz CT molecular complexity index is 395. The van der Waals surface area contributed by atoms with E-state index >= 15 is 0 Å². The molecule has 94 valence electrons. The highest BCUT2D eigenvalue weighted by atomic mass is 16.5. The number of hydrogen-bond acceptors (Lipinski definition) is 5. The fourth-order valence-electron chi connectivity index (χ4n) is 1.25. The quantitative estimate of drug-likeness (QED) is 0.512. The molecule has 0 fully saturated rings. The molecule has 1 rings (SSSR count). The molecule has 0 radical (unpaired) electrons. The topological polar surface area (TPSA) is 105 Å². The van der Waals surface area contributed by atoms with Gasteiger partial charge >= 0.3 is 0 Å². The fourth-order valence-corrected chi connectivity index (χ4v) is 1.25. The van der Waals surface area contributed by atoms with Gasteiger partial charge in [-0.1, -0.05) is 0 Å². The van der Waals surface area contributed by atoms with Crippen LogP contribution in [0.15, 0.2) is 18.2 Å². The second-order valence-corrected chi connectivity index (χ2v) is 3.54. The predicted octanol–water partition coefficient (Wildman–Crippen LogP) is -0.640. The van der Waals surface area contributed by atoms with Crippen LogP contribution in [0.4, 0.5) is 5.69 Å². The number of carbonyl (C=O) groups excluding carboxylic acids is 1. The molecular weight excluding hydrogens is 224 g/mol. The summed E-state index contributed by atoms with van der Waals surface area (Å²) in [6.07, 6.45) is -0.970. The zero-order valence-electron chi connectivity index (χ0n) is 9.51. The first-order chi connectivity index (χ1) is 8.06. The molecule has 0 aliphatic heterocycles. The number of nitrogens with one attached hydrogen (secondary N) is 1. The molecule has 0 bridgehead atoms. The summed E-state index contributed by atoms with van der Waals surface area (Å²) >= 11 is 0. The third-order valence-corrected chi connectivity index (χ3v) is 2.14. The fraction of sp³-hybridized carbons (Fsp3) is 0.364. The number of rotatable bonds is 5. The van der Waals surface area contributed by atoms with Gasteiger partial charge in [-0.2, -0.15) is 0 Å². The van der Waals surface area contributed by atoms with E-state index < -0.39 is 12.7 Å². The average molecular weight is 240 g/mol. The van der Waals surface area contributed by atoms with Crippen molar-refractivity contribution in [1.29, 1.82) is 0 Å². The van der Waals surface area contributed by atoms with Gasteiger partial charge in [-0.15, -0.1) is 0 Å². The van der Waals surface area contributed by atoms with Gasteiger partial charge in [0, 0.05) is 23.9 Å². The maximum absolute atomic E-state index is 11.7. The van der Waals surface area contributed by atoms with Crippen LogP contribution in [-0.4, -0.2) is 42.5 Å². The first kappa shape index (κ1) is 13.3. The summed E-state index contributed by atoms with van der Waals surface area (Å²) in [5, 5.41) is 20.2. The number of nitrogen functional groups attached to an aromatic ring is 1. The Kier molecular flexibility index (Phi) is 4.74. The van der Waals surface area contributed by atoms with Crippen molar-refractivity contribution in [2.75, 3.05) is 26.0 Å². The third-order valence-electron chi connectivity index (χ3n) is 2.14. The normalized spacial score (nSPS) is 11.9. The van der Waals surface area contributed by atoms with Crippen LogP contribution < -0.4 is 15.8 Å². The second-order valence-electron chi connectivity index (χ2n) is 3.54. The molecule has 17 heavy (non-hydrogen) atoms. The molecule has 0 aliphatic rings. The van der Waals surface area contributed by atoms with Crippen molar-refractivity contribution in [3.63, 3.8) is 0 Å². The Morgan fingerprint density at radius 3 is 2.82 bits per heavy atom. The molecule has 1 aromatic carbocycles. The second kappa shape index (κ2) is 6.07. The van der Waals surface area contributed by atoms with Crippen molar-refractivity contribution in [2.45, 2.75) is 6.10 Å². The molecule has 1 aromatic rings. The molecule has 1 atom stereocenters. The maximum atomic E-state index is 11.7. The summed E-state index contributed by atoms with van der Waals surface area (Å²) in [7, 11) is 1.48. The average Bonchev–Trinajstić information content (AvgIpc) is 2.34. The van der Waals surface area contributed by atoms with Crippen LogP contribution in [0.25, 0.3) is 0 Å². The van der Waals surface area contributed by atoms with E-state index in [-0.39, 0.29) is 12.5 Å². The smallest absolute Gasteiger partial charge is 0.251 e. The van der Waals surface area contributed by atoms with Crippen LogP contribution >= 0.6 is 0 Å². The van der Waals surface area contributed by atoms with E-state index in [0.29, 0.717) is 17.0 Å². The number of carbonyl (C=O) groups is 1. The van der Waals surface area contributed by atoms with Gasteiger partial charge in [0.05, 0.1) is 19.8 Å². The van der Waals surface area contributed by atoms with E-state index in [1.165, 1.54) is 19.2 Å². The molecule has 6 heteroatoms. The molecule has 5 N–H and O–H groups in total. The highest BCUT2D eigenvalue weighted by molar-refractivity contribution is 5.95. The van der Waals surface area contributed by atoms with E-state index in [0.717, 1.165) is 0 Å². The number of nitrogens with two attached hydrogens (primary N) is 1.